The molecule has 0 saturated carbocycles. The topological polar surface area (TPSA) is 21.6 Å². The van der Waals surface area contributed by atoms with E-state index in [9.17, 15) is 4.39 Å². The summed E-state index contributed by atoms with van der Waals surface area (Å²) in [5.74, 6) is 0. The van der Waals surface area contributed by atoms with Gasteiger partial charge < -0.3 is 4.74 Å². The van der Waals surface area contributed by atoms with Crippen LogP contribution in [0.5, 0.6) is 0 Å². The first-order chi connectivity index (χ1) is 6.83. The van der Waals surface area contributed by atoms with Gasteiger partial charge in [-0.05, 0) is 17.5 Å². The molecule has 0 aromatic heterocycles. The van der Waals surface area contributed by atoms with Gasteiger partial charge in [-0.15, -0.1) is 0 Å². The van der Waals surface area contributed by atoms with Crippen molar-refractivity contribution in [1.29, 1.82) is 0 Å². The van der Waals surface area contributed by atoms with Crippen LogP contribution < -0.4 is 0 Å². The highest BCUT2D eigenvalue weighted by atomic mass is 19.1. The molecular weight excluding hydrogens is 181 g/mol. The highest BCUT2D eigenvalue weighted by Crippen LogP contribution is 2.26. The number of aliphatic imine (C=N–C) groups is 1. The molecule has 1 aromatic carbocycles. The number of benzene rings is 1. The van der Waals surface area contributed by atoms with E-state index in [2.05, 4.69) is 4.99 Å². The number of halogens is 1. The van der Waals surface area contributed by atoms with Crippen LogP contribution in [0.2, 0.25) is 0 Å². The van der Waals surface area contributed by atoms with Crippen molar-refractivity contribution in [2.24, 2.45) is 4.99 Å². The molecule has 1 aromatic rings. The van der Waals surface area contributed by atoms with E-state index in [0.29, 0.717) is 5.56 Å². The summed E-state index contributed by atoms with van der Waals surface area (Å²) in [6.07, 6.45) is 1.27. The molecule has 1 heterocycles. The molecule has 14 heavy (non-hydrogen) atoms. The van der Waals surface area contributed by atoms with Gasteiger partial charge in [-0.2, -0.15) is 0 Å². The van der Waals surface area contributed by atoms with Crippen molar-refractivity contribution < 1.29 is 9.13 Å². The summed E-state index contributed by atoms with van der Waals surface area (Å²) in [6, 6.07) is 5.55. The number of ether oxygens (including phenoxy) is 1. The van der Waals surface area contributed by atoms with Crippen LogP contribution in [0.3, 0.4) is 0 Å². The summed E-state index contributed by atoms with van der Waals surface area (Å²) in [7, 11) is 1.38. The first kappa shape index (κ1) is 9.34. The molecule has 0 radical (unpaired) electrons. The Balaban J connectivity index is 2.46. The minimum absolute atomic E-state index is 0.635. The Labute approximate surface area is 82.4 Å². The van der Waals surface area contributed by atoms with Crippen molar-refractivity contribution in [3.63, 3.8) is 0 Å². The molecule has 0 amide bonds. The van der Waals surface area contributed by atoms with Crippen molar-refractivity contribution in [3.05, 3.63) is 34.9 Å². The van der Waals surface area contributed by atoms with E-state index in [0.717, 1.165) is 24.1 Å². The second-order valence-electron chi connectivity index (χ2n) is 3.25. The monoisotopic (exact) mass is 193 g/mol. The van der Waals surface area contributed by atoms with E-state index in [1.165, 1.54) is 7.11 Å². The van der Waals surface area contributed by atoms with Gasteiger partial charge in [0, 0.05) is 25.4 Å². The quantitative estimate of drug-likeness (QED) is 0.706. The Morgan fingerprint density at radius 1 is 1.50 bits per heavy atom. The molecule has 0 spiro atoms. The van der Waals surface area contributed by atoms with Crippen LogP contribution in [-0.2, 0) is 11.2 Å². The molecule has 1 atom stereocenters. The Hall–Kier alpha value is -1.22. The smallest absolute Gasteiger partial charge is 0.225 e. The van der Waals surface area contributed by atoms with Crippen LogP contribution in [0.15, 0.2) is 23.2 Å². The predicted octanol–water partition coefficient (Wildman–Crippen LogP) is 2.28. The molecule has 0 fully saturated rings. The fourth-order valence-electron chi connectivity index (χ4n) is 1.71. The normalized spacial score (nSPS) is 16.4. The lowest BCUT2D eigenvalue weighted by molar-refractivity contribution is -0.00725. The van der Waals surface area contributed by atoms with Crippen molar-refractivity contribution in [2.45, 2.75) is 12.8 Å². The highest BCUT2D eigenvalue weighted by Gasteiger charge is 2.16. The van der Waals surface area contributed by atoms with Crippen LogP contribution >= 0.6 is 0 Å². The zero-order chi connectivity index (χ0) is 9.97. The minimum Gasteiger partial charge on any atom is -0.348 e. The molecule has 0 N–H and O–H groups in total. The second-order valence-corrected chi connectivity index (χ2v) is 3.25. The van der Waals surface area contributed by atoms with Gasteiger partial charge in [0.2, 0.25) is 6.36 Å². The summed E-state index contributed by atoms with van der Waals surface area (Å²) in [6.45, 7) is 0.737. The van der Waals surface area contributed by atoms with Gasteiger partial charge in [0.25, 0.3) is 0 Å². The van der Waals surface area contributed by atoms with E-state index in [4.69, 9.17) is 4.74 Å². The first-order valence-electron chi connectivity index (χ1n) is 4.61. The number of rotatable bonds is 2. The average molecular weight is 193 g/mol. The minimum atomic E-state index is -1.32. The summed E-state index contributed by atoms with van der Waals surface area (Å²) in [5.41, 5.74) is 2.67. The van der Waals surface area contributed by atoms with Crippen LogP contribution in [0.4, 0.5) is 4.39 Å². The first-order valence-corrected chi connectivity index (χ1v) is 4.61. The van der Waals surface area contributed by atoms with Gasteiger partial charge in [-0.3, -0.25) is 4.99 Å². The van der Waals surface area contributed by atoms with Crippen LogP contribution in [0.1, 0.15) is 23.0 Å². The molecule has 0 bridgehead atoms. The molecule has 1 aliphatic rings. The molecule has 0 saturated heterocycles. The number of hydrogen-bond acceptors (Lipinski definition) is 2. The molecule has 3 heteroatoms. The molecule has 2 nitrogen and oxygen atoms in total. The fourth-order valence-corrected chi connectivity index (χ4v) is 1.71. The number of methoxy groups -OCH3 is 1. The third kappa shape index (κ3) is 1.55. The zero-order valence-electron chi connectivity index (χ0n) is 8.03. The largest absolute Gasteiger partial charge is 0.348 e. The molecule has 2 rings (SSSR count). The summed E-state index contributed by atoms with van der Waals surface area (Å²) >= 11 is 0. The summed E-state index contributed by atoms with van der Waals surface area (Å²) in [5, 5.41) is 0. The van der Waals surface area contributed by atoms with Gasteiger partial charge in [0.15, 0.2) is 0 Å². The van der Waals surface area contributed by atoms with Gasteiger partial charge in [0.1, 0.15) is 0 Å². The van der Waals surface area contributed by atoms with Crippen molar-refractivity contribution >= 4 is 6.21 Å². The fraction of sp³-hybridized carbons (Fsp3) is 0.364. The van der Waals surface area contributed by atoms with Crippen molar-refractivity contribution in [2.75, 3.05) is 13.7 Å². The lowest BCUT2D eigenvalue weighted by Crippen LogP contribution is -2.08. The van der Waals surface area contributed by atoms with E-state index in [1.807, 2.05) is 12.1 Å². The third-order valence-electron chi connectivity index (χ3n) is 2.42. The summed E-state index contributed by atoms with van der Waals surface area (Å²) in [4.78, 5) is 4.16. The second kappa shape index (κ2) is 3.88. The average Bonchev–Trinajstić information content (AvgIpc) is 2.27. The maximum atomic E-state index is 13.4. The van der Waals surface area contributed by atoms with E-state index >= 15 is 0 Å². The van der Waals surface area contributed by atoms with Gasteiger partial charge in [0.05, 0.1) is 0 Å². The van der Waals surface area contributed by atoms with Crippen molar-refractivity contribution in [1.82, 2.24) is 0 Å². The van der Waals surface area contributed by atoms with E-state index in [1.54, 1.807) is 12.3 Å². The zero-order valence-corrected chi connectivity index (χ0v) is 8.03. The van der Waals surface area contributed by atoms with Crippen molar-refractivity contribution in [3.8, 4) is 0 Å². The standard InChI is InChI=1S/C11H12FNO/c1-14-11(12)10-4-2-3-8-7-13-6-5-9(8)10/h2-4,7,11H,5-6H2,1H3. The Kier molecular flexibility index (Phi) is 2.59. The number of hydrogen-bond donors (Lipinski definition) is 0. The molecule has 1 unspecified atom stereocenters. The van der Waals surface area contributed by atoms with Gasteiger partial charge in [-0.25, -0.2) is 4.39 Å². The number of fused-ring (bicyclic) bond motifs is 1. The summed E-state index contributed by atoms with van der Waals surface area (Å²) < 4.78 is 18.1. The van der Waals surface area contributed by atoms with Crippen LogP contribution in [0.25, 0.3) is 0 Å². The lowest BCUT2D eigenvalue weighted by atomic mass is 9.97. The highest BCUT2D eigenvalue weighted by molar-refractivity contribution is 5.83. The SMILES string of the molecule is COC(F)c1cccc2c1CCN=C2. The Morgan fingerprint density at radius 2 is 2.36 bits per heavy atom. The van der Waals surface area contributed by atoms with Gasteiger partial charge in [-0.1, -0.05) is 18.2 Å². The van der Waals surface area contributed by atoms with E-state index in [-0.39, 0.29) is 0 Å². The van der Waals surface area contributed by atoms with Gasteiger partial charge >= 0.3 is 0 Å². The molecular formula is C11H12FNO. The third-order valence-corrected chi connectivity index (χ3v) is 2.42. The Bertz CT molecular complexity index is 362. The molecule has 74 valence electrons. The van der Waals surface area contributed by atoms with Crippen LogP contribution in [0, 0.1) is 0 Å². The molecule has 0 aliphatic carbocycles. The number of alkyl halides is 1. The maximum Gasteiger partial charge on any atom is 0.225 e. The van der Waals surface area contributed by atoms with Crippen LogP contribution in [-0.4, -0.2) is 19.9 Å². The Morgan fingerprint density at radius 3 is 3.14 bits per heavy atom. The lowest BCUT2D eigenvalue weighted by Gasteiger charge is -2.16. The van der Waals surface area contributed by atoms with E-state index < -0.39 is 6.36 Å². The number of nitrogens with zero attached hydrogens (tertiary/aromatic N) is 1. The maximum absolute atomic E-state index is 13.4. The predicted molar refractivity (Wildman–Crippen MR) is 53.5 cm³/mol. The molecule has 1 aliphatic heterocycles.